The molecule has 2 aliphatic carbocycles. The fourth-order valence-corrected chi connectivity index (χ4v) is 5.95. The number of piperidine rings is 1. The second-order valence-corrected chi connectivity index (χ2v) is 11.6. The second kappa shape index (κ2) is 12.7. The molecule has 0 aromatic heterocycles. The fraction of sp³-hybridized carbons (Fsp3) is 0.500. The number of anilines is 2. The van der Waals surface area contributed by atoms with Crippen molar-refractivity contribution < 1.29 is 19.2 Å². The van der Waals surface area contributed by atoms with E-state index in [9.17, 15) is 19.2 Å². The van der Waals surface area contributed by atoms with E-state index in [-0.39, 0.29) is 41.9 Å². The fourth-order valence-electron chi connectivity index (χ4n) is 5.95. The number of benzene rings is 2. The van der Waals surface area contributed by atoms with E-state index < -0.39 is 0 Å². The van der Waals surface area contributed by atoms with Crippen molar-refractivity contribution in [3.8, 4) is 0 Å². The average Bonchev–Trinajstić information content (AvgIpc) is 3.82. The molecule has 2 aromatic carbocycles. The third-order valence-electron chi connectivity index (χ3n) is 8.43. The molecule has 0 radical (unpaired) electrons. The topological polar surface area (TPSA) is 98.8 Å². The Bertz CT molecular complexity index is 1250. The Kier molecular flexibility index (Phi) is 8.82. The number of hydrogen-bond donors (Lipinski definition) is 2. The quantitative estimate of drug-likeness (QED) is 0.496. The summed E-state index contributed by atoms with van der Waals surface area (Å²) in [5.74, 6) is -0.225. The summed E-state index contributed by atoms with van der Waals surface area (Å²) in [7, 11) is 1.82. The van der Waals surface area contributed by atoms with E-state index in [1.54, 1.807) is 29.2 Å². The molecule has 1 atom stereocenters. The van der Waals surface area contributed by atoms with Gasteiger partial charge in [-0.3, -0.25) is 19.2 Å². The van der Waals surface area contributed by atoms with Gasteiger partial charge in [-0.25, -0.2) is 0 Å². The van der Waals surface area contributed by atoms with Crippen molar-refractivity contribution >= 4 is 35.0 Å². The largest absolute Gasteiger partial charge is 0.342 e. The highest BCUT2D eigenvalue weighted by molar-refractivity contribution is 5.98. The van der Waals surface area contributed by atoms with E-state index in [4.69, 9.17) is 0 Å². The van der Waals surface area contributed by atoms with Gasteiger partial charge in [0.1, 0.15) is 0 Å². The Balaban J connectivity index is 1.14. The van der Waals surface area contributed by atoms with Crippen molar-refractivity contribution in [2.75, 3.05) is 30.8 Å². The summed E-state index contributed by atoms with van der Waals surface area (Å²) in [5, 5.41) is 5.90. The van der Waals surface area contributed by atoms with Gasteiger partial charge in [0.15, 0.2) is 0 Å². The lowest BCUT2D eigenvalue weighted by Gasteiger charge is -2.35. The Hall–Kier alpha value is -3.68. The number of nitrogens with one attached hydrogen (secondary N) is 2. The van der Waals surface area contributed by atoms with E-state index >= 15 is 0 Å². The first-order chi connectivity index (χ1) is 19.4. The molecule has 3 fully saturated rings. The summed E-state index contributed by atoms with van der Waals surface area (Å²) in [6.07, 6.45) is 9.19. The Morgan fingerprint density at radius 1 is 0.825 bits per heavy atom. The molecule has 40 heavy (non-hydrogen) atoms. The summed E-state index contributed by atoms with van der Waals surface area (Å²) < 4.78 is 0. The predicted octanol–water partition coefficient (Wildman–Crippen LogP) is 4.86. The minimum Gasteiger partial charge on any atom is -0.342 e. The highest BCUT2D eigenvalue weighted by atomic mass is 16.2. The van der Waals surface area contributed by atoms with Crippen LogP contribution in [-0.4, -0.2) is 59.6 Å². The molecule has 5 rings (SSSR count). The van der Waals surface area contributed by atoms with E-state index in [1.807, 2.05) is 36.2 Å². The summed E-state index contributed by atoms with van der Waals surface area (Å²) in [6, 6.07) is 14.6. The molecule has 2 N–H and O–H groups in total. The van der Waals surface area contributed by atoms with Crippen LogP contribution >= 0.6 is 0 Å². The van der Waals surface area contributed by atoms with Crippen LogP contribution in [0.3, 0.4) is 0 Å². The van der Waals surface area contributed by atoms with Crippen molar-refractivity contribution in [1.82, 2.24) is 9.80 Å². The van der Waals surface area contributed by atoms with Gasteiger partial charge in [-0.1, -0.05) is 37.5 Å². The van der Waals surface area contributed by atoms with Crippen molar-refractivity contribution in [3.63, 3.8) is 0 Å². The van der Waals surface area contributed by atoms with Gasteiger partial charge in [0, 0.05) is 49.0 Å². The van der Waals surface area contributed by atoms with E-state index in [1.165, 1.54) is 6.42 Å². The first-order valence-electron chi connectivity index (χ1n) is 14.7. The predicted molar refractivity (Wildman–Crippen MR) is 155 cm³/mol. The minimum absolute atomic E-state index is 0.0403. The Morgan fingerprint density at radius 2 is 1.52 bits per heavy atom. The van der Waals surface area contributed by atoms with Crippen LogP contribution in [-0.2, 0) is 20.8 Å². The van der Waals surface area contributed by atoms with Gasteiger partial charge in [-0.05, 0) is 74.4 Å². The van der Waals surface area contributed by atoms with E-state index in [2.05, 4.69) is 10.6 Å². The Morgan fingerprint density at radius 3 is 2.27 bits per heavy atom. The molecule has 2 aromatic rings. The molecule has 8 nitrogen and oxygen atoms in total. The van der Waals surface area contributed by atoms with Crippen LogP contribution in [0, 0.1) is 11.8 Å². The molecular formula is C32H40N4O4. The standard InChI is InChI=1S/C32H40N4O4/c1-35(28-15-16-28)31(39)24-11-6-14-27(20-24)33-29(37)19-22-8-5-13-26(18-22)34-30(38)25-12-7-17-36(21-25)32(40)23-9-3-2-4-10-23/h5-6,8,11,13-14,18,20,23,25,28H,2-4,7,9-10,12,15-17,19,21H2,1H3,(H,33,37)(H,34,38). The van der Waals surface area contributed by atoms with Crippen LogP contribution in [0.1, 0.15) is 73.7 Å². The van der Waals surface area contributed by atoms with Gasteiger partial charge in [0.05, 0.1) is 12.3 Å². The second-order valence-electron chi connectivity index (χ2n) is 11.6. The summed E-state index contributed by atoms with van der Waals surface area (Å²) in [4.78, 5) is 55.3. The van der Waals surface area contributed by atoms with Crippen LogP contribution in [0.25, 0.3) is 0 Å². The normalized spacial score (nSPS) is 19.5. The van der Waals surface area contributed by atoms with Crippen LogP contribution < -0.4 is 10.6 Å². The zero-order chi connectivity index (χ0) is 28.1. The minimum atomic E-state index is -0.234. The SMILES string of the molecule is CN(C(=O)c1cccc(NC(=O)Cc2cccc(NC(=O)C3CCCN(C(=O)C4CCCCC4)C3)c2)c1)C1CC1. The molecule has 4 amide bonds. The lowest BCUT2D eigenvalue weighted by Crippen LogP contribution is -2.46. The van der Waals surface area contributed by atoms with E-state index in [0.29, 0.717) is 29.5 Å². The van der Waals surface area contributed by atoms with Crippen LogP contribution in [0.5, 0.6) is 0 Å². The van der Waals surface area contributed by atoms with Crippen molar-refractivity contribution in [3.05, 3.63) is 59.7 Å². The zero-order valence-corrected chi connectivity index (χ0v) is 23.4. The lowest BCUT2D eigenvalue weighted by molar-refractivity contribution is -0.139. The average molecular weight is 545 g/mol. The van der Waals surface area contributed by atoms with Crippen molar-refractivity contribution in [2.24, 2.45) is 11.8 Å². The molecule has 1 saturated heterocycles. The summed E-state index contributed by atoms with van der Waals surface area (Å²) >= 11 is 0. The number of hydrogen-bond acceptors (Lipinski definition) is 4. The molecule has 1 heterocycles. The van der Waals surface area contributed by atoms with Gasteiger partial charge in [0.25, 0.3) is 5.91 Å². The monoisotopic (exact) mass is 544 g/mol. The lowest BCUT2D eigenvalue weighted by atomic mass is 9.87. The maximum absolute atomic E-state index is 13.1. The maximum Gasteiger partial charge on any atom is 0.253 e. The first kappa shape index (κ1) is 27.9. The van der Waals surface area contributed by atoms with Crippen LogP contribution in [0.4, 0.5) is 11.4 Å². The molecule has 8 heteroatoms. The summed E-state index contributed by atoms with van der Waals surface area (Å²) in [6.45, 7) is 1.21. The molecule has 1 aliphatic heterocycles. The molecule has 212 valence electrons. The molecule has 2 saturated carbocycles. The number of amides is 4. The smallest absolute Gasteiger partial charge is 0.253 e. The number of nitrogens with zero attached hydrogens (tertiary/aromatic N) is 2. The van der Waals surface area contributed by atoms with Crippen LogP contribution in [0.15, 0.2) is 48.5 Å². The zero-order valence-electron chi connectivity index (χ0n) is 23.4. The van der Waals surface area contributed by atoms with Crippen LogP contribution in [0.2, 0.25) is 0 Å². The van der Waals surface area contributed by atoms with Gasteiger partial charge >= 0.3 is 0 Å². The van der Waals surface area contributed by atoms with Gasteiger partial charge < -0.3 is 20.4 Å². The number of carbonyl (C=O) groups is 4. The molecule has 0 spiro atoms. The van der Waals surface area contributed by atoms with Gasteiger partial charge in [-0.2, -0.15) is 0 Å². The molecular weight excluding hydrogens is 504 g/mol. The third-order valence-corrected chi connectivity index (χ3v) is 8.43. The number of rotatable bonds is 8. The van der Waals surface area contributed by atoms with Crippen molar-refractivity contribution in [2.45, 2.75) is 70.3 Å². The highest BCUT2D eigenvalue weighted by Gasteiger charge is 2.32. The van der Waals surface area contributed by atoms with E-state index in [0.717, 1.165) is 63.5 Å². The summed E-state index contributed by atoms with van der Waals surface area (Å²) in [5.41, 5.74) is 2.54. The maximum atomic E-state index is 13.1. The molecule has 0 bridgehead atoms. The van der Waals surface area contributed by atoms with Crippen molar-refractivity contribution in [1.29, 1.82) is 0 Å². The molecule has 3 aliphatic rings. The molecule has 1 unspecified atom stereocenters. The number of carbonyl (C=O) groups excluding carboxylic acids is 4. The third kappa shape index (κ3) is 7.09. The Labute approximate surface area is 236 Å². The van der Waals surface area contributed by atoms with Gasteiger partial charge in [-0.15, -0.1) is 0 Å². The number of likely N-dealkylation sites (tertiary alicyclic amines) is 1. The highest BCUT2D eigenvalue weighted by Crippen LogP contribution is 2.29. The van der Waals surface area contributed by atoms with Gasteiger partial charge in [0.2, 0.25) is 17.7 Å². The first-order valence-corrected chi connectivity index (χ1v) is 14.7.